The molecule has 1 aliphatic rings. The van der Waals surface area contributed by atoms with Gasteiger partial charge < -0.3 is 5.73 Å². The molecule has 2 atom stereocenters. The van der Waals surface area contributed by atoms with Gasteiger partial charge in [-0.05, 0) is 24.8 Å². The quantitative estimate of drug-likeness (QED) is 0.773. The Morgan fingerprint density at radius 1 is 1.71 bits per heavy atom. The van der Waals surface area contributed by atoms with Crippen LogP contribution in [-0.2, 0) is 13.5 Å². The van der Waals surface area contributed by atoms with Gasteiger partial charge >= 0.3 is 0 Å². The van der Waals surface area contributed by atoms with Crippen LogP contribution in [-0.4, -0.2) is 15.3 Å². The topological polar surface area (TPSA) is 43.8 Å². The molecule has 1 aliphatic carbocycles. The molecular formula is C11H19N3. The van der Waals surface area contributed by atoms with Crippen molar-refractivity contribution in [1.82, 2.24) is 9.78 Å². The smallest absolute Gasteiger partial charge is 0.0642 e. The molecule has 2 unspecified atom stereocenters. The molecule has 1 heterocycles. The fraction of sp³-hybridized carbons (Fsp3) is 0.727. The standard InChI is InChI=1S/C11H19N3/c1-9-4-3-6-11(9,12)8-10-5-7-14(2)13-10/h5,7,9H,3-4,6,8,12H2,1-2H3. The number of nitrogens with zero attached hydrogens (tertiary/aromatic N) is 2. The van der Waals surface area contributed by atoms with Crippen molar-refractivity contribution in [3.63, 3.8) is 0 Å². The van der Waals surface area contributed by atoms with Gasteiger partial charge in [0, 0.05) is 25.2 Å². The molecule has 0 radical (unpaired) electrons. The lowest BCUT2D eigenvalue weighted by Crippen LogP contribution is -2.44. The summed E-state index contributed by atoms with van der Waals surface area (Å²) in [5, 5.41) is 4.39. The van der Waals surface area contributed by atoms with Crippen LogP contribution in [0.2, 0.25) is 0 Å². The van der Waals surface area contributed by atoms with Gasteiger partial charge in [-0.2, -0.15) is 5.10 Å². The Balaban J connectivity index is 2.10. The van der Waals surface area contributed by atoms with Crippen LogP contribution in [0.4, 0.5) is 0 Å². The molecule has 0 saturated heterocycles. The zero-order valence-electron chi connectivity index (χ0n) is 9.03. The van der Waals surface area contributed by atoms with Gasteiger partial charge in [0.15, 0.2) is 0 Å². The number of hydrogen-bond donors (Lipinski definition) is 1. The van der Waals surface area contributed by atoms with Crippen LogP contribution in [0.3, 0.4) is 0 Å². The third kappa shape index (κ3) is 1.69. The van der Waals surface area contributed by atoms with E-state index in [-0.39, 0.29) is 5.54 Å². The highest BCUT2D eigenvalue weighted by atomic mass is 15.2. The summed E-state index contributed by atoms with van der Waals surface area (Å²) in [4.78, 5) is 0. The number of rotatable bonds is 2. The lowest BCUT2D eigenvalue weighted by atomic mass is 9.85. The van der Waals surface area contributed by atoms with E-state index in [2.05, 4.69) is 18.1 Å². The second kappa shape index (κ2) is 3.39. The molecule has 1 aromatic heterocycles. The second-order valence-corrected chi connectivity index (χ2v) is 4.68. The Bertz CT molecular complexity index is 318. The Kier molecular flexibility index (Phi) is 2.35. The molecule has 14 heavy (non-hydrogen) atoms. The Hall–Kier alpha value is -0.830. The second-order valence-electron chi connectivity index (χ2n) is 4.68. The van der Waals surface area contributed by atoms with Gasteiger partial charge in [0.25, 0.3) is 0 Å². The van der Waals surface area contributed by atoms with E-state index in [4.69, 9.17) is 5.73 Å². The Morgan fingerprint density at radius 2 is 2.50 bits per heavy atom. The first-order valence-corrected chi connectivity index (χ1v) is 5.37. The molecule has 1 fully saturated rings. The van der Waals surface area contributed by atoms with Crippen molar-refractivity contribution in [2.45, 2.75) is 38.1 Å². The van der Waals surface area contributed by atoms with E-state index in [9.17, 15) is 0 Å². The third-order valence-corrected chi connectivity index (χ3v) is 3.54. The molecule has 78 valence electrons. The molecular weight excluding hydrogens is 174 g/mol. The highest BCUT2D eigenvalue weighted by molar-refractivity contribution is 5.08. The molecule has 2 N–H and O–H groups in total. The van der Waals surface area contributed by atoms with Crippen molar-refractivity contribution in [3.8, 4) is 0 Å². The van der Waals surface area contributed by atoms with Crippen LogP contribution in [0.15, 0.2) is 12.3 Å². The van der Waals surface area contributed by atoms with E-state index in [0.29, 0.717) is 5.92 Å². The maximum Gasteiger partial charge on any atom is 0.0642 e. The van der Waals surface area contributed by atoms with Crippen molar-refractivity contribution in [2.75, 3.05) is 0 Å². The highest BCUT2D eigenvalue weighted by Crippen LogP contribution is 2.35. The Labute approximate surface area is 85.3 Å². The first-order valence-electron chi connectivity index (χ1n) is 5.37. The highest BCUT2D eigenvalue weighted by Gasteiger charge is 2.36. The van der Waals surface area contributed by atoms with Crippen molar-refractivity contribution in [1.29, 1.82) is 0 Å². The largest absolute Gasteiger partial charge is 0.325 e. The average molecular weight is 193 g/mol. The number of aryl methyl sites for hydroxylation is 1. The maximum atomic E-state index is 6.39. The summed E-state index contributed by atoms with van der Waals surface area (Å²) in [6.45, 7) is 2.26. The van der Waals surface area contributed by atoms with E-state index >= 15 is 0 Å². The maximum absolute atomic E-state index is 6.39. The monoisotopic (exact) mass is 193 g/mol. The van der Waals surface area contributed by atoms with Crippen molar-refractivity contribution in [2.24, 2.45) is 18.7 Å². The van der Waals surface area contributed by atoms with E-state index in [1.165, 1.54) is 12.8 Å². The summed E-state index contributed by atoms with van der Waals surface area (Å²) in [5.41, 5.74) is 7.52. The molecule has 0 bridgehead atoms. The predicted molar refractivity (Wildman–Crippen MR) is 56.8 cm³/mol. The average Bonchev–Trinajstić information content (AvgIpc) is 2.62. The minimum absolute atomic E-state index is 0.00560. The fourth-order valence-electron chi connectivity index (χ4n) is 2.43. The zero-order chi connectivity index (χ0) is 10.2. The third-order valence-electron chi connectivity index (χ3n) is 3.54. The molecule has 0 amide bonds. The summed E-state index contributed by atoms with van der Waals surface area (Å²) in [7, 11) is 1.95. The van der Waals surface area contributed by atoms with Crippen molar-refractivity contribution < 1.29 is 0 Å². The lowest BCUT2D eigenvalue weighted by Gasteiger charge is -2.28. The molecule has 0 spiro atoms. The van der Waals surface area contributed by atoms with Gasteiger partial charge in [0.05, 0.1) is 5.69 Å². The minimum Gasteiger partial charge on any atom is -0.325 e. The molecule has 1 saturated carbocycles. The zero-order valence-corrected chi connectivity index (χ0v) is 9.03. The van der Waals surface area contributed by atoms with E-state index in [0.717, 1.165) is 18.5 Å². The van der Waals surface area contributed by atoms with E-state index in [1.54, 1.807) is 0 Å². The van der Waals surface area contributed by atoms with Crippen LogP contribution in [0.25, 0.3) is 0 Å². The molecule has 0 aliphatic heterocycles. The first-order chi connectivity index (χ1) is 6.60. The summed E-state index contributed by atoms with van der Waals surface area (Å²) < 4.78 is 1.85. The van der Waals surface area contributed by atoms with Gasteiger partial charge in [-0.25, -0.2) is 0 Å². The summed E-state index contributed by atoms with van der Waals surface area (Å²) in [6, 6.07) is 2.07. The first kappa shape index (κ1) is 9.71. The van der Waals surface area contributed by atoms with E-state index < -0.39 is 0 Å². The minimum atomic E-state index is -0.00560. The fourth-order valence-corrected chi connectivity index (χ4v) is 2.43. The van der Waals surface area contributed by atoms with Crippen molar-refractivity contribution in [3.05, 3.63) is 18.0 Å². The van der Waals surface area contributed by atoms with Crippen molar-refractivity contribution >= 4 is 0 Å². The SMILES string of the molecule is CC1CCCC1(N)Cc1ccn(C)n1. The normalized spacial score (nSPS) is 32.4. The number of aromatic nitrogens is 2. The van der Waals surface area contributed by atoms with E-state index in [1.807, 2.05) is 17.9 Å². The van der Waals surface area contributed by atoms with Gasteiger partial charge in [0.1, 0.15) is 0 Å². The molecule has 3 nitrogen and oxygen atoms in total. The molecule has 2 rings (SSSR count). The van der Waals surface area contributed by atoms with Gasteiger partial charge in [0.2, 0.25) is 0 Å². The summed E-state index contributed by atoms with van der Waals surface area (Å²) in [5.74, 6) is 0.629. The van der Waals surface area contributed by atoms with Crippen LogP contribution in [0, 0.1) is 5.92 Å². The van der Waals surface area contributed by atoms with Gasteiger partial charge in [-0.3, -0.25) is 4.68 Å². The molecule has 0 aromatic carbocycles. The Morgan fingerprint density at radius 3 is 3.00 bits per heavy atom. The van der Waals surface area contributed by atoms with Gasteiger partial charge in [-0.15, -0.1) is 0 Å². The summed E-state index contributed by atoms with van der Waals surface area (Å²) in [6.07, 6.45) is 6.59. The summed E-state index contributed by atoms with van der Waals surface area (Å²) >= 11 is 0. The molecule has 3 heteroatoms. The van der Waals surface area contributed by atoms with Crippen LogP contribution in [0.1, 0.15) is 31.9 Å². The van der Waals surface area contributed by atoms with Gasteiger partial charge in [-0.1, -0.05) is 13.3 Å². The lowest BCUT2D eigenvalue weighted by molar-refractivity contribution is 0.332. The van der Waals surface area contributed by atoms with Crippen LogP contribution >= 0.6 is 0 Å². The van der Waals surface area contributed by atoms with Crippen LogP contribution < -0.4 is 5.73 Å². The molecule has 1 aromatic rings. The predicted octanol–water partition coefficient (Wildman–Crippen LogP) is 1.48. The number of nitrogens with two attached hydrogens (primary N) is 1. The van der Waals surface area contributed by atoms with Crippen LogP contribution in [0.5, 0.6) is 0 Å². The number of hydrogen-bond acceptors (Lipinski definition) is 2.